The first kappa shape index (κ1) is 15.9. The molecule has 0 bridgehead atoms. The Hall–Kier alpha value is -0.0800. The molecule has 1 rings (SSSR count). The second-order valence-electron chi connectivity index (χ2n) is 2.69. The second kappa shape index (κ2) is 7.29. The zero-order valence-corrected chi connectivity index (χ0v) is 11.4. The van der Waals surface area contributed by atoms with Gasteiger partial charge in [0.25, 0.3) is 0 Å². The predicted octanol–water partition coefficient (Wildman–Crippen LogP) is 1.91. The van der Waals surface area contributed by atoms with Crippen LogP contribution < -0.4 is 5.73 Å². The molecule has 0 aromatic carbocycles. The van der Waals surface area contributed by atoms with E-state index in [1.807, 2.05) is 6.07 Å². The lowest BCUT2D eigenvalue weighted by atomic mass is 10.4. The topological polar surface area (TPSA) is 76.2 Å². The van der Waals surface area contributed by atoms with Gasteiger partial charge in [-0.15, -0.1) is 12.4 Å². The molecular weight excluding hydrogens is 288 g/mol. The third-order valence-corrected chi connectivity index (χ3v) is 4.99. The number of carboxylic acids is 1. The Labute approximate surface area is 113 Å². The number of aliphatic carboxylic acids is 1. The number of thiol groups is 1. The van der Waals surface area contributed by atoms with Gasteiger partial charge >= 0.3 is 5.97 Å². The molecule has 0 spiro atoms. The molecule has 0 aliphatic rings. The van der Waals surface area contributed by atoms with Gasteiger partial charge in [0.15, 0.2) is 4.87 Å². The number of aromatic nitrogens is 1. The molecule has 90 valence electrons. The molecule has 0 saturated carbocycles. The highest BCUT2D eigenvalue weighted by atomic mass is 35.5. The predicted molar refractivity (Wildman–Crippen MR) is 73.3 cm³/mol. The first-order valence-electron chi connectivity index (χ1n) is 3.98. The molecule has 0 amide bonds. The number of pyridine rings is 1. The molecule has 1 atom stereocenters. The number of nitrogens with zero attached hydrogens (tertiary/aromatic N) is 1. The number of carbonyl (C=O) groups is 1. The Morgan fingerprint density at radius 1 is 1.62 bits per heavy atom. The van der Waals surface area contributed by atoms with Gasteiger partial charge in [0.05, 0.1) is 0 Å². The molecule has 0 aliphatic carbocycles. The zero-order chi connectivity index (χ0) is 11.3. The minimum absolute atomic E-state index is 0. The summed E-state index contributed by atoms with van der Waals surface area (Å²) in [5.41, 5.74) is 5.63. The quantitative estimate of drug-likeness (QED) is 0.438. The zero-order valence-electron chi connectivity index (χ0n) is 8.07. The van der Waals surface area contributed by atoms with E-state index in [1.54, 1.807) is 18.3 Å². The Morgan fingerprint density at radius 3 is 2.75 bits per heavy atom. The number of hydrogen-bond acceptors (Lipinski definition) is 6. The maximum atomic E-state index is 10.8. The molecule has 1 aromatic heterocycles. The molecule has 0 unspecified atom stereocenters. The lowest BCUT2D eigenvalue weighted by Gasteiger charge is -2.20. The van der Waals surface area contributed by atoms with E-state index in [4.69, 9.17) is 10.8 Å². The minimum Gasteiger partial charge on any atom is -0.479 e. The SMILES string of the molecule is Cl.N[C@](CS)(SSc1ccccn1)C(=O)O. The van der Waals surface area contributed by atoms with Crippen molar-refractivity contribution in [2.75, 3.05) is 5.75 Å². The van der Waals surface area contributed by atoms with Crippen LogP contribution in [-0.4, -0.2) is 26.7 Å². The average molecular weight is 299 g/mol. The van der Waals surface area contributed by atoms with Crippen LogP contribution in [0.4, 0.5) is 0 Å². The van der Waals surface area contributed by atoms with Crippen LogP contribution in [0.25, 0.3) is 0 Å². The van der Waals surface area contributed by atoms with Crippen molar-refractivity contribution < 1.29 is 9.90 Å². The molecule has 0 saturated heterocycles. The van der Waals surface area contributed by atoms with Gasteiger partial charge in [0.2, 0.25) is 0 Å². The number of rotatable bonds is 5. The van der Waals surface area contributed by atoms with Gasteiger partial charge in [0, 0.05) is 11.9 Å². The van der Waals surface area contributed by atoms with Gasteiger partial charge in [-0.05, 0) is 22.9 Å². The Balaban J connectivity index is 0.00000225. The summed E-state index contributed by atoms with van der Waals surface area (Å²) in [5.74, 6) is -1.02. The highest BCUT2D eigenvalue weighted by Crippen LogP contribution is 2.37. The van der Waals surface area contributed by atoms with Crippen LogP contribution in [0.2, 0.25) is 0 Å². The fraction of sp³-hybridized carbons (Fsp3) is 0.250. The van der Waals surface area contributed by atoms with E-state index < -0.39 is 10.8 Å². The smallest absolute Gasteiger partial charge is 0.335 e. The molecule has 16 heavy (non-hydrogen) atoms. The molecule has 4 nitrogen and oxygen atoms in total. The average Bonchev–Trinajstić information content (AvgIpc) is 2.27. The third kappa shape index (κ3) is 4.42. The summed E-state index contributed by atoms with van der Waals surface area (Å²) >= 11 is 3.93. The molecule has 0 radical (unpaired) electrons. The molecule has 1 aromatic rings. The maximum Gasteiger partial charge on any atom is 0.335 e. The first-order valence-corrected chi connectivity index (χ1v) is 6.76. The maximum absolute atomic E-state index is 10.8. The van der Waals surface area contributed by atoms with Crippen molar-refractivity contribution in [2.45, 2.75) is 9.90 Å². The van der Waals surface area contributed by atoms with E-state index in [9.17, 15) is 4.79 Å². The second-order valence-corrected chi connectivity index (χ2v) is 5.48. The van der Waals surface area contributed by atoms with E-state index in [-0.39, 0.29) is 18.2 Å². The van der Waals surface area contributed by atoms with Gasteiger partial charge < -0.3 is 10.8 Å². The summed E-state index contributed by atoms with van der Waals surface area (Å²) in [4.78, 5) is 13.5. The van der Waals surface area contributed by atoms with Gasteiger partial charge in [-0.25, -0.2) is 9.78 Å². The fourth-order valence-corrected chi connectivity index (χ4v) is 3.22. The normalized spacial score (nSPS) is 13.6. The summed E-state index contributed by atoms with van der Waals surface area (Å²) in [6.45, 7) is 0. The summed E-state index contributed by atoms with van der Waals surface area (Å²) < 4.78 is 0. The van der Waals surface area contributed by atoms with Gasteiger partial charge in [-0.2, -0.15) is 12.6 Å². The van der Waals surface area contributed by atoms with Crippen molar-refractivity contribution in [3.05, 3.63) is 24.4 Å². The van der Waals surface area contributed by atoms with E-state index in [1.165, 1.54) is 10.8 Å². The van der Waals surface area contributed by atoms with Gasteiger partial charge in [-0.3, -0.25) is 0 Å². The Bertz CT molecular complexity index is 341. The summed E-state index contributed by atoms with van der Waals surface area (Å²) in [7, 11) is 2.27. The minimum atomic E-state index is -1.38. The van der Waals surface area contributed by atoms with E-state index in [0.717, 1.165) is 15.8 Å². The standard InChI is InChI=1S/C8H10N2O2S3.ClH/c9-8(5-13,7(11)12)15-14-6-3-1-2-4-10-6;/h1-4,13H,5,9H2,(H,11,12);1H/t8-;/m1./s1. The van der Waals surface area contributed by atoms with Crippen molar-refractivity contribution in [3.63, 3.8) is 0 Å². The van der Waals surface area contributed by atoms with E-state index >= 15 is 0 Å². The fourth-order valence-electron chi connectivity index (χ4n) is 0.643. The van der Waals surface area contributed by atoms with Crippen LogP contribution in [0.5, 0.6) is 0 Å². The van der Waals surface area contributed by atoms with Crippen LogP contribution >= 0.6 is 46.6 Å². The van der Waals surface area contributed by atoms with Crippen LogP contribution in [0.1, 0.15) is 0 Å². The molecule has 1 heterocycles. The lowest BCUT2D eigenvalue weighted by molar-refractivity contribution is -0.139. The van der Waals surface area contributed by atoms with Crippen molar-refractivity contribution in [2.24, 2.45) is 5.73 Å². The van der Waals surface area contributed by atoms with Crippen LogP contribution in [0.15, 0.2) is 29.4 Å². The van der Waals surface area contributed by atoms with E-state index in [2.05, 4.69) is 17.6 Å². The molecule has 3 N–H and O–H groups in total. The Morgan fingerprint density at radius 2 is 2.31 bits per heavy atom. The number of hydrogen-bond donors (Lipinski definition) is 3. The van der Waals surface area contributed by atoms with Crippen molar-refractivity contribution in [1.29, 1.82) is 0 Å². The number of carboxylic acid groups (broad SMARTS) is 1. The van der Waals surface area contributed by atoms with Gasteiger partial charge in [-0.1, -0.05) is 16.9 Å². The first-order chi connectivity index (χ1) is 7.08. The van der Waals surface area contributed by atoms with Crippen LogP contribution in [0, 0.1) is 0 Å². The summed E-state index contributed by atoms with van der Waals surface area (Å²) in [6, 6.07) is 5.41. The largest absolute Gasteiger partial charge is 0.479 e. The highest BCUT2D eigenvalue weighted by Gasteiger charge is 2.34. The number of halogens is 1. The van der Waals surface area contributed by atoms with Gasteiger partial charge in [0.1, 0.15) is 5.03 Å². The lowest BCUT2D eigenvalue weighted by Crippen LogP contribution is -2.45. The summed E-state index contributed by atoms with van der Waals surface area (Å²) in [6.07, 6.45) is 1.64. The Kier molecular flexibility index (Phi) is 7.25. The summed E-state index contributed by atoms with van der Waals surface area (Å²) in [5, 5.41) is 9.60. The van der Waals surface area contributed by atoms with Crippen molar-refractivity contribution in [3.8, 4) is 0 Å². The number of nitrogens with two attached hydrogens (primary N) is 1. The monoisotopic (exact) mass is 298 g/mol. The van der Waals surface area contributed by atoms with E-state index in [0.29, 0.717) is 0 Å². The highest BCUT2D eigenvalue weighted by molar-refractivity contribution is 8.77. The molecular formula is C8H11ClN2O2S3. The van der Waals surface area contributed by atoms with Crippen molar-refractivity contribution in [1.82, 2.24) is 4.98 Å². The molecule has 0 fully saturated rings. The third-order valence-electron chi connectivity index (χ3n) is 1.51. The molecule has 0 aliphatic heterocycles. The molecule has 8 heteroatoms. The van der Waals surface area contributed by atoms with Crippen LogP contribution in [-0.2, 0) is 4.79 Å². The van der Waals surface area contributed by atoms with Crippen LogP contribution in [0.3, 0.4) is 0 Å². The van der Waals surface area contributed by atoms with Crippen molar-refractivity contribution >= 4 is 52.6 Å².